The Kier molecular flexibility index (Phi) is 3.63. The second-order valence-corrected chi connectivity index (χ2v) is 5.85. The van der Waals surface area contributed by atoms with Crippen LogP contribution >= 0.6 is 15.9 Å². The molecule has 0 saturated heterocycles. The van der Waals surface area contributed by atoms with Gasteiger partial charge in [0.2, 0.25) is 0 Å². The average Bonchev–Trinajstić information content (AvgIpc) is 2.83. The monoisotopic (exact) mass is 350 g/mol. The Balaban J connectivity index is 1.84. The van der Waals surface area contributed by atoms with Crippen molar-refractivity contribution in [2.75, 3.05) is 5.32 Å². The minimum absolute atomic E-state index is 0.0429. The summed E-state index contributed by atoms with van der Waals surface area (Å²) in [6, 6.07) is 9.55. The largest absolute Gasteiger partial charge is 0.377 e. The maximum atomic E-state index is 13.2. The highest BCUT2D eigenvalue weighted by atomic mass is 79.9. The first-order valence-corrected chi connectivity index (χ1v) is 7.32. The number of hydrogen-bond donors (Lipinski definition) is 1. The van der Waals surface area contributed by atoms with Crippen LogP contribution in [0.15, 0.2) is 40.9 Å². The normalized spacial score (nSPS) is 16.6. The number of non-ortho nitro benzene ring substituents is 1. The molecule has 0 radical (unpaired) electrons. The quantitative estimate of drug-likeness (QED) is 0.650. The van der Waals surface area contributed by atoms with Crippen molar-refractivity contribution in [3.63, 3.8) is 0 Å². The number of aryl methyl sites for hydroxylation is 1. The van der Waals surface area contributed by atoms with E-state index in [0.29, 0.717) is 4.47 Å². The first-order chi connectivity index (χ1) is 10.0. The number of nitrogens with zero attached hydrogens (tertiary/aromatic N) is 1. The van der Waals surface area contributed by atoms with Crippen molar-refractivity contribution < 1.29 is 9.31 Å². The zero-order valence-corrected chi connectivity index (χ0v) is 12.6. The van der Waals surface area contributed by atoms with Gasteiger partial charge in [-0.1, -0.05) is 6.07 Å². The van der Waals surface area contributed by atoms with E-state index in [1.54, 1.807) is 18.2 Å². The van der Waals surface area contributed by atoms with Gasteiger partial charge in [0.1, 0.15) is 5.82 Å². The van der Waals surface area contributed by atoms with Crippen LogP contribution in [0.1, 0.15) is 23.6 Å². The zero-order valence-electron chi connectivity index (χ0n) is 11.0. The van der Waals surface area contributed by atoms with E-state index in [1.165, 1.54) is 18.2 Å². The Hall–Kier alpha value is -1.95. The van der Waals surface area contributed by atoms with Crippen molar-refractivity contribution in [3.05, 3.63) is 67.9 Å². The minimum Gasteiger partial charge on any atom is -0.377 e. The van der Waals surface area contributed by atoms with Gasteiger partial charge >= 0.3 is 0 Å². The highest BCUT2D eigenvalue weighted by Crippen LogP contribution is 2.36. The molecule has 0 fully saturated rings. The summed E-state index contributed by atoms with van der Waals surface area (Å²) in [5.41, 5.74) is 2.94. The Morgan fingerprint density at radius 2 is 2.10 bits per heavy atom. The number of nitro groups is 1. The molecule has 2 aromatic carbocycles. The Labute approximate surface area is 129 Å². The van der Waals surface area contributed by atoms with Gasteiger partial charge in [0.15, 0.2) is 0 Å². The summed E-state index contributed by atoms with van der Waals surface area (Å²) in [6.45, 7) is 0. The summed E-state index contributed by atoms with van der Waals surface area (Å²) >= 11 is 3.35. The predicted molar refractivity (Wildman–Crippen MR) is 81.9 cm³/mol. The summed E-state index contributed by atoms with van der Waals surface area (Å²) in [6.07, 6.45) is 1.71. The van der Waals surface area contributed by atoms with Crippen molar-refractivity contribution in [2.24, 2.45) is 0 Å². The molecule has 0 spiro atoms. The maximum absolute atomic E-state index is 13.2. The molecule has 0 aliphatic heterocycles. The van der Waals surface area contributed by atoms with Crippen LogP contribution in [0.2, 0.25) is 0 Å². The molecule has 0 bridgehead atoms. The van der Waals surface area contributed by atoms with Crippen molar-refractivity contribution in [2.45, 2.75) is 18.9 Å². The number of benzene rings is 2. The van der Waals surface area contributed by atoms with E-state index < -0.39 is 4.92 Å². The summed E-state index contributed by atoms with van der Waals surface area (Å²) in [5, 5.41) is 14.1. The van der Waals surface area contributed by atoms with Crippen molar-refractivity contribution in [3.8, 4) is 0 Å². The first kappa shape index (κ1) is 14.0. The third-order valence-electron chi connectivity index (χ3n) is 3.68. The van der Waals surface area contributed by atoms with Gasteiger partial charge in [-0.3, -0.25) is 10.1 Å². The lowest BCUT2D eigenvalue weighted by atomic mass is 10.1. The van der Waals surface area contributed by atoms with Crippen molar-refractivity contribution in [1.82, 2.24) is 0 Å². The molecular weight excluding hydrogens is 339 g/mol. The molecule has 1 aliphatic carbocycles. The van der Waals surface area contributed by atoms with E-state index in [2.05, 4.69) is 21.2 Å². The van der Waals surface area contributed by atoms with Crippen LogP contribution in [-0.4, -0.2) is 4.92 Å². The van der Waals surface area contributed by atoms with Crippen LogP contribution in [-0.2, 0) is 6.42 Å². The molecule has 1 atom stereocenters. The van der Waals surface area contributed by atoms with Gasteiger partial charge in [-0.05, 0) is 58.1 Å². The lowest BCUT2D eigenvalue weighted by Gasteiger charge is -2.16. The molecule has 21 heavy (non-hydrogen) atoms. The highest BCUT2D eigenvalue weighted by molar-refractivity contribution is 9.10. The average molecular weight is 351 g/mol. The molecule has 3 rings (SSSR count). The number of nitrogens with one attached hydrogen (secondary N) is 1. The maximum Gasteiger partial charge on any atom is 0.270 e. The van der Waals surface area contributed by atoms with Crippen LogP contribution in [0.4, 0.5) is 15.8 Å². The SMILES string of the molecule is O=[N+]([O-])c1ccc(NC2CCc3cc(F)ccc32)c(Br)c1. The van der Waals surface area contributed by atoms with Gasteiger partial charge in [-0.25, -0.2) is 4.39 Å². The Morgan fingerprint density at radius 1 is 1.29 bits per heavy atom. The fraction of sp³-hybridized carbons (Fsp3) is 0.200. The predicted octanol–water partition coefficient (Wildman–Crippen LogP) is 4.60. The zero-order chi connectivity index (χ0) is 15.0. The third kappa shape index (κ3) is 2.76. The molecular formula is C15H12BrFN2O2. The fourth-order valence-electron chi connectivity index (χ4n) is 2.66. The number of hydrogen-bond acceptors (Lipinski definition) is 3. The van der Waals surface area contributed by atoms with E-state index >= 15 is 0 Å². The van der Waals surface area contributed by atoms with Gasteiger partial charge in [-0.15, -0.1) is 0 Å². The fourth-order valence-corrected chi connectivity index (χ4v) is 3.14. The Bertz CT molecular complexity index is 721. The lowest BCUT2D eigenvalue weighted by Crippen LogP contribution is -2.07. The van der Waals surface area contributed by atoms with Gasteiger partial charge in [0.05, 0.1) is 11.0 Å². The third-order valence-corrected chi connectivity index (χ3v) is 4.33. The van der Waals surface area contributed by atoms with Crippen molar-refractivity contribution in [1.29, 1.82) is 0 Å². The highest BCUT2D eigenvalue weighted by Gasteiger charge is 2.23. The van der Waals surface area contributed by atoms with E-state index in [9.17, 15) is 14.5 Å². The molecule has 0 aromatic heterocycles. The van der Waals surface area contributed by atoms with E-state index in [1.807, 2.05) is 0 Å². The second kappa shape index (κ2) is 5.44. The second-order valence-electron chi connectivity index (χ2n) is 5.00. The van der Waals surface area contributed by atoms with E-state index in [0.717, 1.165) is 29.7 Å². The van der Waals surface area contributed by atoms with Crippen LogP contribution in [0, 0.1) is 15.9 Å². The van der Waals surface area contributed by atoms with Gasteiger partial charge in [-0.2, -0.15) is 0 Å². The molecule has 0 saturated carbocycles. The van der Waals surface area contributed by atoms with Crippen LogP contribution in [0.3, 0.4) is 0 Å². The molecule has 1 unspecified atom stereocenters. The van der Waals surface area contributed by atoms with Gasteiger partial charge in [0.25, 0.3) is 5.69 Å². The molecule has 0 amide bonds. The van der Waals surface area contributed by atoms with Crippen LogP contribution in [0.5, 0.6) is 0 Å². The van der Waals surface area contributed by atoms with Gasteiger partial charge in [0, 0.05) is 22.3 Å². The topological polar surface area (TPSA) is 55.2 Å². The van der Waals surface area contributed by atoms with E-state index in [-0.39, 0.29) is 17.5 Å². The molecule has 2 aromatic rings. The van der Waals surface area contributed by atoms with Gasteiger partial charge < -0.3 is 5.32 Å². The number of halogens is 2. The van der Waals surface area contributed by atoms with Crippen LogP contribution in [0.25, 0.3) is 0 Å². The smallest absolute Gasteiger partial charge is 0.270 e. The number of rotatable bonds is 3. The van der Waals surface area contributed by atoms with Crippen molar-refractivity contribution >= 4 is 27.3 Å². The summed E-state index contributed by atoms with van der Waals surface area (Å²) in [5.74, 6) is -0.217. The summed E-state index contributed by atoms with van der Waals surface area (Å²) < 4.78 is 13.9. The Morgan fingerprint density at radius 3 is 2.81 bits per heavy atom. The summed E-state index contributed by atoms with van der Waals surface area (Å²) in [4.78, 5) is 10.3. The van der Waals surface area contributed by atoms with Crippen LogP contribution < -0.4 is 5.32 Å². The lowest BCUT2D eigenvalue weighted by molar-refractivity contribution is -0.384. The minimum atomic E-state index is -0.428. The molecule has 1 N–H and O–H groups in total. The molecule has 4 nitrogen and oxygen atoms in total. The molecule has 6 heteroatoms. The standard InChI is InChI=1S/C15H12BrFN2O2/c16-13-8-11(19(20)21)3-6-15(13)18-14-5-1-9-7-10(17)2-4-12(9)14/h2-4,6-8,14,18H,1,5H2. The molecule has 108 valence electrons. The first-order valence-electron chi connectivity index (χ1n) is 6.53. The van der Waals surface area contributed by atoms with E-state index in [4.69, 9.17) is 0 Å². The number of anilines is 1. The number of nitro benzene ring substituents is 1. The number of fused-ring (bicyclic) bond motifs is 1. The molecule has 1 aliphatic rings. The summed E-state index contributed by atoms with van der Waals surface area (Å²) in [7, 11) is 0. The molecule has 0 heterocycles.